The van der Waals surface area contributed by atoms with Crippen LogP contribution in [0.4, 0.5) is 0 Å². The summed E-state index contributed by atoms with van der Waals surface area (Å²) < 4.78 is 1.74. The normalized spacial score (nSPS) is 13.9. The fraction of sp³-hybridized carbons (Fsp3) is 0.294. The van der Waals surface area contributed by atoms with Crippen molar-refractivity contribution < 1.29 is 4.79 Å². The van der Waals surface area contributed by atoms with Gasteiger partial charge in [0.15, 0.2) is 0 Å². The van der Waals surface area contributed by atoms with E-state index in [1.807, 2.05) is 30.5 Å². The largest absolute Gasteiger partial charge is 0.346 e. The van der Waals surface area contributed by atoms with Crippen LogP contribution < -0.4 is 5.32 Å². The summed E-state index contributed by atoms with van der Waals surface area (Å²) in [5.41, 5.74) is 3.32. The van der Waals surface area contributed by atoms with Gasteiger partial charge < -0.3 is 5.32 Å². The van der Waals surface area contributed by atoms with E-state index < -0.39 is 0 Å². The molecule has 1 N–H and O–H groups in total. The molecule has 7 heteroatoms. The van der Waals surface area contributed by atoms with Crippen LogP contribution in [0.3, 0.4) is 0 Å². The zero-order valence-electron chi connectivity index (χ0n) is 13.3. The van der Waals surface area contributed by atoms with E-state index in [4.69, 9.17) is 0 Å². The zero-order chi connectivity index (χ0) is 16.5. The number of aryl methyl sites for hydroxylation is 1. The van der Waals surface area contributed by atoms with Gasteiger partial charge in [0.1, 0.15) is 12.7 Å². The van der Waals surface area contributed by atoms with Gasteiger partial charge in [-0.1, -0.05) is 11.6 Å². The van der Waals surface area contributed by atoms with E-state index in [1.165, 1.54) is 17.8 Å². The molecule has 0 bridgehead atoms. The number of amides is 1. The molecule has 0 spiro atoms. The SMILES string of the molecule is Cc1ccc(-n2cnnc2)c(C(=O)NCc2csc(C3CC3)n2)c1. The van der Waals surface area contributed by atoms with E-state index in [9.17, 15) is 4.79 Å². The molecular weight excluding hydrogens is 322 g/mol. The number of hydrogen-bond donors (Lipinski definition) is 1. The lowest BCUT2D eigenvalue weighted by Gasteiger charge is -2.11. The van der Waals surface area contributed by atoms with Gasteiger partial charge in [0.05, 0.1) is 28.5 Å². The maximum Gasteiger partial charge on any atom is 0.253 e. The van der Waals surface area contributed by atoms with Gasteiger partial charge >= 0.3 is 0 Å². The maximum atomic E-state index is 12.6. The number of nitrogens with one attached hydrogen (secondary N) is 1. The minimum Gasteiger partial charge on any atom is -0.346 e. The Morgan fingerprint density at radius 3 is 2.88 bits per heavy atom. The molecule has 6 nitrogen and oxygen atoms in total. The van der Waals surface area contributed by atoms with Gasteiger partial charge in [-0.3, -0.25) is 9.36 Å². The first-order valence-corrected chi connectivity index (χ1v) is 8.77. The van der Waals surface area contributed by atoms with Crippen molar-refractivity contribution in [3.8, 4) is 5.69 Å². The molecule has 1 saturated carbocycles. The molecule has 1 aliphatic rings. The van der Waals surface area contributed by atoms with Gasteiger partial charge in [-0.2, -0.15) is 0 Å². The molecule has 2 heterocycles. The van der Waals surface area contributed by atoms with Crippen molar-refractivity contribution in [2.45, 2.75) is 32.2 Å². The lowest BCUT2D eigenvalue weighted by molar-refractivity contribution is 0.0950. The van der Waals surface area contributed by atoms with Crippen molar-refractivity contribution in [2.75, 3.05) is 0 Å². The highest BCUT2D eigenvalue weighted by Gasteiger charge is 2.26. The van der Waals surface area contributed by atoms with Crippen molar-refractivity contribution in [1.29, 1.82) is 0 Å². The van der Waals surface area contributed by atoms with Crippen LogP contribution in [0.1, 0.15) is 45.4 Å². The minimum absolute atomic E-state index is 0.122. The summed E-state index contributed by atoms with van der Waals surface area (Å²) in [7, 11) is 0. The second-order valence-corrected chi connectivity index (χ2v) is 6.91. The van der Waals surface area contributed by atoms with Crippen LogP contribution >= 0.6 is 11.3 Å². The Morgan fingerprint density at radius 2 is 2.12 bits per heavy atom. The zero-order valence-corrected chi connectivity index (χ0v) is 14.1. The average Bonchev–Trinajstić information content (AvgIpc) is 3.10. The third-order valence-electron chi connectivity index (χ3n) is 4.02. The molecule has 122 valence electrons. The predicted octanol–water partition coefficient (Wildman–Crippen LogP) is 2.84. The number of carbonyl (C=O) groups excluding carboxylic acids is 1. The van der Waals surface area contributed by atoms with E-state index in [2.05, 4.69) is 20.5 Å². The molecule has 0 atom stereocenters. The Bertz CT molecular complexity index is 867. The summed E-state index contributed by atoms with van der Waals surface area (Å²) in [4.78, 5) is 17.3. The molecule has 1 aromatic carbocycles. The molecule has 0 aliphatic heterocycles. The fourth-order valence-corrected chi connectivity index (χ4v) is 3.56. The molecule has 0 unspecified atom stereocenters. The van der Waals surface area contributed by atoms with Gasteiger partial charge in [-0.25, -0.2) is 4.98 Å². The monoisotopic (exact) mass is 339 g/mol. The molecule has 0 radical (unpaired) electrons. The Morgan fingerprint density at radius 1 is 1.33 bits per heavy atom. The summed E-state index contributed by atoms with van der Waals surface area (Å²) >= 11 is 1.69. The molecule has 1 aliphatic carbocycles. The summed E-state index contributed by atoms with van der Waals surface area (Å²) in [5.74, 6) is 0.528. The van der Waals surface area contributed by atoms with Crippen LogP contribution in [0.15, 0.2) is 36.2 Å². The highest BCUT2D eigenvalue weighted by atomic mass is 32.1. The first kappa shape index (κ1) is 15.0. The molecule has 3 aromatic rings. The first-order chi connectivity index (χ1) is 11.7. The molecule has 4 rings (SSSR count). The number of aromatic nitrogens is 4. The van der Waals surface area contributed by atoms with Gasteiger partial charge in [-0.15, -0.1) is 21.5 Å². The van der Waals surface area contributed by atoms with Crippen molar-refractivity contribution in [3.63, 3.8) is 0 Å². The molecular formula is C17H17N5OS. The fourth-order valence-electron chi connectivity index (χ4n) is 2.57. The molecule has 1 amide bonds. The molecule has 1 fully saturated rings. The van der Waals surface area contributed by atoms with E-state index in [0.717, 1.165) is 16.9 Å². The predicted molar refractivity (Wildman–Crippen MR) is 91.4 cm³/mol. The highest BCUT2D eigenvalue weighted by molar-refractivity contribution is 7.09. The smallest absolute Gasteiger partial charge is 0.253 e. The first-order valence-electron chi connectivity index (χ1n) is 7.89. The topological polar surface area (TPSA) is 72.7 Å². The van der Waals surface area contributed by atoms with Crippen LogP contribution in [0, 0.1) is 6.92 Å². The number of hydrogen-bond acceptors (Lipinski definition) is 5. The van der Waals surface area contributed by atoms with E-state index in [1.54, 1.807) is 28.6 Å². The lowest BCUT2D eigenvalue weighted by Crippen LogP contribution is -2.24. The van der Waals surface area contributed by atoms with Gasteiger partial charge in [0.2, 0.25) is 0 Å². The third-order valence-corrected chi connectivity index (χ3v) is 5.08. The molecule has 2 aromatic heterocycles. The van der Waals surface area contributed by atoms with Crippen molar-refractivity contribution in [2.24, 2.45) is 0 Å². The van der Waals surface area contributed by atoms with Crippen LogP contribution in [0.5, 0.6) is 0 Å². The number of rotatable bonds is 5. The van der Waals surface area contributed by atoms with Crippen LogP contribution in [-0.2, 0) is 6.54 Å². The van der Waals surface area contributed by atoms with Crippen LogP contribution in [0.25, 0.3) is 5.69 Å². The highest BCUT2D eigenvalue weighted by Crippen LogP contribution is 2.41. The number of thiazole rings is 1. The van der Waals surface area contributed by atoms with Gasteiger partial charge in [0, 0.05) is 11.3 Å². The molecule has 24 heavy (non-hydrogen) atoms. The summed E-state index contributed by atoms with van der Waals surface area (Å²) in [6.45, 7) is 2.41. The number of benzene rings is 1. The summed E-state index contributed by atoms with van der Waals surface area (Å²) in [5, 5.41) is 13.8. The van der Waals surface area contributed by atoms with E-state index in [-0.39, 0.29) is 5.91 Å². The number of carbonyl (C=O) groups is 1. The Kier molecular flexibility index (Phi) is 3.86. The van der Waals surface area contributed by atoms with Crippen molar-refractivity contribution in [3.05, 3.63) is 58.1 Å². The van der Waals surface area contributed by atoms with Crippen molar-refractivity contribution in [1.82, 2.24) is 25.1 Å². The number of nitrogens with zero attached hydrogens (tertiary/aromatic N) is 4. The van der Waals surface area contributed by atoms with Gasteiger partial charge in [-0.05, 0) is 31.9 Å². The quantitative estimate of drug-likeness (QED) is 0.776. The molecule has 0 saturated heterocycles. The van der Waals surface area contributed by atoms with Crippen LogP contribution in [-0.4, -0.2) is 25.7 Å². The lowest BCUT2D eigenvalue weighted by atomic mass is 10.1. The summed E-state index contributed by atoms with van der Waals surface area (Å²) in [6, 6.07) is 5.75. The van der Waals surface area contributed by atoms with Crippen molar-refractivity contribution >= 4 is 17.2 Å². The average molecular weight is 339 g/mol. The second-order valence-electron chi connectivity index (χ2n) is 6.02. The minimum atomic E-state index is -0.122. The summed E-state index contributed by atoms with van der Waals surface area (Å²) in [6.07, 6.45) is 5.66. The van der Waals surface area contributed by atoms with E-state index in [0.29, 0.717) is 18.0 Å². The standard InChI is InChI=1S/C17H17N5OS/c1-11-2-5-15(22-9-19-20-10-22)14(6-11)16(23)18-7-13-8-24-17(21-13)12-3-4-12/h2,5-6,8-10,12H,3-4,7H2,1H3,(H,18,23). The third kappa shape index (κ3) is 3.07. The van der Waals surface area contributed by atoms with Crippen LogP contribution in [0.2, 0.25) is 0 Å². The Balaban J connectivity index is 1.52. The van der Waals surface area contributed by atoms with Gasteiger partial charge in [0.25, 0.3) is 5.91 Å². The Hall–Kier alpha value is -2.54. The maximum absolute atomic E-state index is 12.6. The Labute approximate surface area is 143 Å². The van der Waals surface area contributed by atoms with E-state index >= 15 is 0 Å². The second kappa shape index (κ2) is 6.16.